The van der Waals surface area contributed by atoms with Gasteiger partial charge in [0.05, 0.1) is 11.3 Å². The molecule has 6 heteroatoms. The van der Waals surface area contributed by atoms with E-state index in [2.05, 4.69) is 5.32 Å². The van der Waals surface area contributed by atoms with E-state index in [4.69, 9.17) is 16.7 Å². The molecule has 108 valence electrons. The number of rotatable bonds is 3. The summed E-state index contributed by atoms with van der Waals surface area (Å²) in [4.78, 5) is 23.2. The summed E-state index contributed by atoms with van der Waals surface area (Å²) < 4.78 is 13.3. The first-order chi connectivity index (χ1) is 9.86. The topological polar surface area (TPSA) is 66.4 Å². The highest BCUT2D eigenvalue weighted by molar-refractivity contribution is 6.31. The lowest BCUT2D eigenvalue weighted by atomic mass is 10.1. The number of anilines is 1. The maximum Gasteiger partial charge on any atom is 0.337 e. The Bertz CT molecular complexity index is 711. The quantitative estimate of drug-likeness (QED) is 0.907. The van der Waals surface area contributed by atoms with Gasteiger partial charge in [-0.1, -0.05) is 11.6 Å². The smallest absolute Gasteiger partial charge is 0.337 e. The van der Waals surface area contributed by atoms with E-state index in [1.165, 1.54) is 30.3 Å². The Morgan fingerprint density at radius 2 is 1.90 bits per heavy atom. The van der Waals surface area contributed by atoms with Crippen LogP contribution in [0.15, 0.2) is 36.4 Å². The van der Waals surface area contributed by atoms with Crippen molar-refractivity contribution in [2.45, 2.75) is 6.92 Å². The first-order valence-corrected chi connectivity index (χ1v) is 6.36. The van der Waals surface area contributed by atoms with Crippen molar-refractivity contribution in [1.82, 2.24) is 0 Å². The Labute approximate surface area is 125 Å². The van der Waals surface area contributed by atoms with Gasteiger partial charge in [-0.15, -0.1) is 0 Å². The molecule has 0 aliphatic rings. The molecule has 0 radical (unpaired) electrons. The molecule has 21 heavy (non-hydrogen) atoms. The predicted molar refractivity (Wildman–Crippen MR) is 77.5 cm³/mol. The fraction of sp³-hybridized carbons (Fsp3) is 0.0667. The third-order valence-corrected chi connectivity index (χ3v) is 3.00. The maximum atomic E-state index is 13.3. The van der Waals surface area contributed by atoms with Gasteiger partial charge in [0.15, 0.2) is 0 Å². The van der Waals surface area contributed by atoms with Crippen molar-refractivity contribution >= 4 is 29.2 Å². The minimum Gasteiger partial charge on any atom is -0.478 e. The van der Waals surface area contributed by atoms with Gasteiger partial charge in [-0.3, -0.25) is 4.79 Å². The number of carbonyl (C=O) groups is 2. The van der Waals surface area contributed by atoms with Crippen LogP contribution in [0.2, 0.25) is 5.02 Å². The Kier molecular flexibility index (Phi) is 4.23. The van der Waals surface area contributed by atoms with Crippen molar-refractivity contribution in [1.29, 1.82) is 0 Å². The van der Waals surface area contributed by atoms with E-state index >= 15 is 0 Å². The van der Waals surface area contributed by atoms with Gasteiger partial charge in [-0.25, -0.2) is 9.18 Å². The molecule has 2 aromatic carbocycles. The van der Waals surface area contributed by atoms with Crippen molar-refractivity contribution in [3.63, 3.8) is 0 Å². The number of halogens is 2. The number of carbonyl (C=O) groups excluding carboxylic acids is 1. The Balaban J connectivity index is 2.33. The lowest BCUT2D eigenvalue weighted by molar-refractivity contribution is 0.0698. The number of hydrogen-bond acceptors (Lipinski definition) is 2. The second kappa shape index (κ2) is 5.93. The summed E-state index contributed by atoms with van der Waals surface area (Å²) in [5, 5.41) is 11.8. The van der Waals surface area contributed by atoms with Crippen LogP contribution in [0.25, 0.3) is 0 Å². The third-order valence-electron chi connectivity index (χ3n) is 2.76. The van der Waals surface area contributed by atoms with Crippen LogP contribution in [-0.2, 0) is 0 Å². The second-order valence-corrected chi connectivity index (χ2v) is 4.90. The molecule has 2 rings (SSSR count). The Hall–Kier alpha value is -2.40. The number of nitrogens with one attached hydrogen (secondary N) is 1. The molecule has 0 unspecified atom stereocenters. The van der Waals surface area contributed by atoms with Crippen LogP contribution >= 0.6 is 11.6 Å². The molecule has 0 aliphatic carbocycles. The predicted octanol–water partition coefficient (Wildman–Crippen LogP) is 3.74. The molecular weight excluding hydrogens is 297 g/mol. The van der Waals surface area contributed by atoms with E-state index in [1.807, 2.05) is 0 Å². The molecule has 0 saturated carbocycles. The first kappa shape index (κ1) is 15.0. The van der Waals surface area contributed by atoms with Gasteiger partial charge >= 0.3 is 5.97 Å². The van der Waals surface area contributed by atoms with Crippen molar-refractivity contribution in [3.8, 4) is 0 Å². The lowest BCUT2D eigenvalue weighted by Crippen LogP contribution is -2.15. The highest BCUT2D eigenvalue weighted by Gasteiger charge is 2.15. The minimum atomic E-state index is -1.22. The summed E-state index contributed by atoms with van der Waals surface area (Å²) in [5.41, 5.74) is 0.663. The summed E-state index contributed by atoms with van der Waals surface area (Å²) in [6.45, 7) is 1.66. The highest BCUT2D eigenvalue weighted by Crippen LogP contribution is 2.21. The molecule has 2 aromatic rings. The van der Waals surface area contributed by atoms with Crippen LogP contribution in [0.5, 0.6) is 0 Å². The van der Waals surface area contributed by atoms with E-state index in [0.717, 1.165) is 6.07 Å². The van der Waals surface area contributed by atoms with Crippen LogP contribution in [0, 0.1) is 12.7 Å². The number of benzene rings is 2. The van der Waals surface area contributed by atoms with Gasteiger partial charge in [0.1, 0.15) is 5.82 Å². The number of amides is 1. The van der Waals surface area contributed by atoms with E-state index in [9.17, 15) is 14.0 Å². The summed E-state index contributed by atoms with van der Waals surface area (Å²) in [6.07, 6.45) is 0. The van der Waals surface area contributed by atoms with Gasteiger partial charge in [0, 0.05) is 10.6 Å². The summed E-state index contributed by atoms with van der Waals surface area (Å²) in [6, 6.07) is 7.96. The zero-order chi connectivity index (χ0) is 15.6. The molecule has 0 spiro atoms. The largest absolute Gasteiger partial charge is 0.478 e. The number of carboxylic acids is 1. The number of aryl methyl sites for hydroxylation is 1. The highest BCUT2D eigenvalue weighted by atomic mass is 35.5. The standard InChI is InChI=1S/C15H11ClFNO3/c1-8-4-9(6-11(17)5-8)14(19)18-13-3-2-10(16)7-12(13)15(20)21/h2-7H,1H3,(H,18,19)(H,20,21). The van der Waals surface area contributed by atoms with Crippen molar-refractivity contribution in [3.05, 3.63) is 63.9 Å². The van der Waals surface area contributed by atoms with E-state index < -0.39 is 17.7 Å². The van der Waals surface area contributed by atoms with Crippen LogP contribution < -0.4 is 5.32 Å². The molecule has 0 fully saturated rings. The first-order valence-electron chi connectivity index (χ1n) is 5.98. The van der Waals surface area contributed by atoms with Gasteiger partial charge in [0.2, 0.25) is 0 Å². The summed E-state index contributed by atoms with van der Waals surface area (Å²) in [5.74, 6) is -2.35. The third kappa shape index (κ3) is 3.58. The molecular formula is C15H11ClFNO3. The number of aromatic carboxylic acids is 1. The fourth-order valence-corrected chi connectivity index (χ4v) is 2.04. The van der Waals surface area contributed by atoms with E-state index in [0.29, 0.717) is 5.56 Å². The molecule has 4 nitrogen and oxygen atoms in total. The van der Waals surface area contributed by atoms with Crippen LogP contribution in [0.3, 0.4) is 0 Å². The SMILES string of the molecule is Cc1cc(F)cc(C(=O)Nc2ccc(Cl)cc2C(=O)O)c1. The van der Waals surface area contributed by atoms with Crippen LogP contribution in [0.4, 0.5) is 10.1 Å². The average molecular weight is 308 g/mol. The van der Waals surface area contributed by atoms with Crippen molar-refractivity contribution in [2.75, 3.05) is 5.32 Å². The monoisotopic (exact) mass is 307 g/mol. The Morgan fingerprint density at radius 3 is 2.52 bits per heavy atom. The molecule has 0 bridgehead atoms. The zero-order valence-electron chi connectivity index (χ0n) is 11.0. The van der Waals surface area contributed by atoms with Crippen molar-refractivity contribution in [2.24, 2.45) is 0 Å². The average Bonchev–Trinajstić information content (AvgIpc) is 2.39. The van der Waals surface area contributed by atoms with Crippen LogP contribution in [0.1, 0.15) is 26.3 Å². The molecule has 0 atom stereocenters. The van der Waals surface area contributed by atoms with Gasteiger partial charge in [-0.05, 0) is 48.9 Å². The maximum absolute atomic E-state index is 13.3. The molecule has 2 N–H and O–H groups in total. The lowest BCUT2D eigenvalue weighted by Gasteiger charge is -2.09. The summed E-state index contributed by atoms with van der Waals surface area (Å²) >= 11 is 5.73. The van der Waals surface area contributed by atoms with Gasteiger partial charge in [-0.2, -0.15) is 0 Å². The van der Waals surface area contributed by atoms with Crippen molar-refractivity contribution < 1.29 is 19.1 Å². The fourth-order valence-electron chi connectivity index (χ4n) is 1.86. The second-order valence-electron chi connectivity index (χ2n) is 4.47. The normalized spacial score (nSPS) is 10.2. The molecule has 0 heterocycles. The van der Waals surface area contributed by atoms with Gasteiger partial charge in [0.25, 0.3) is 5.91 Å². The number of hydrogen-bond donors (Lipinski definition) is 2. The van der Waals surface area contributed by atoms with Gasteiger partial charge < -0.3 is 10.4 Å². The molecule has 1 amide bonds. The zero-order valence-corrected chi connectivity index (χ0v) is 11.7. The minimum absolute atomic E-state index is 0.0961. The molecule has 0 aliphatic heterocycles. The van der Waals surface area contributed by atoms with E-state index in [1.54, 1.807) is 6.92 Å². The van der Waals surface area contributed by atoms with E-state index in [-0.39, 0.29) is 21.8 Å². The van der Waals surface area contributed by atoms with Crippen LogP contribution in [-0.4, -0.2) is 17.0 Å². The molecule has 0 aromatic heterocycles. The summed E-state index contributed by atoms with van der Waals surface area (Å²) in [7, 11) is 0. The molecule has 0 saturated heterocycles. The number of carboxylic acid groups (broad SMARTS) is 1. The Morgan fingerprint density at radius 1 is 1.19 bits per heavy atom.